The van der Waals surface area contributed by atoms with Crippen molar-refractivity contribution in [3.05, 3.63) is 47.5 Å². The van der Waals surface area contributed by atoms with E-state index >= 15 is 0 Å². The van der Waals surface area contributed by atoms with Gasteiger partial charge in [0.05, 0.1) is 29.1 Å². The summed E-state index contributed by atoms with van der Waals surface area (Å²) >= 11 is 0. The van der Waals surface area contributed by atoms with Crippen molar-refractivity contribution < 1.29 is 21.6 Å². The summed E-state index contributed by atoms with van der Waals surface area (Å²) in [7, 11) is -5.64. The lowest BCUT2D eigenvalue weighted by Crippen LogP contribution is -2.25. The van der Waals surface area contributed by atoms with Crippen molar-refractivity contribution in [1.82, 2.24) is 0 Å². The SMILES string of the molecule is COc1ccc(S(=O)(=O)Nc2cc(N3CCCS3(=O)=O)ccc2C)cc1C. The molecule has 27 heavy (non-hydrogen) atoms. The first-order valence-electron chi connectivity index (χ1n) is 8.42. The molecular formula is C18H22N2O5S2. The van der Waals surface area contributed by atoms with Gasteiger partial charge in [0.1, 0.15) is 5.75 Å². The smallest absolute Gasteiger partial charge is 0.261 e. The van der Waals surface area contributed by atoms with Gasteiger partial charge in [-0.25, -0.2) is 16.8 Å². The average Bonchev–Trinajstić information content (AvgIpc) is 2.96. The molecule has 0 radical (unpaired) electrons. The summed E-state index contributed by atoms with van der Waals surface area (Å²) in [4.78, 5) is 0.111. The number of nitrogens with one attached hydrogen (secondary N) is 1. The van der Waals surface area contributed by atoms with E-state index in [0.717, 1.165) is 0 Å². The Morgan fingerprint density at radius 2 is 1.81 bits per heavy atom. The molecule has 1 N–H and O–H groups in total. The van der Waals surface area contributed by atoms with Crippen LogP contribution in [0.1, 0.15) is 17.5 Å². The van der Waals surface area contributed by atoms with Crippen molar-refractivity contribution in [3.8, 4) is 5.75 Å². The first kappa shape index (κ1) is 19.5. The van der Waals surface area contributed by atoms with Gasteiger partial charge < -0.3 is 4.74 Å². The Bertz CT molecular complexity index is 1080. The second-order valence-electron chi connectivity index (χ2n) is 6.48. The number of sulfonamides is 2. The molecule has 0 unspecified atom stereocenters. The Balaban J connectivity index is 1.95. The van der Waals surface area contributed by atoms with Crippen LogP contribution in [0.4, 0.5) is 11.4 Å². The molecule has 1 aliphatic heterocycles. The van der Waals surface area contributed by atoms with Crippen LogP contribution in [0.5, 0.6) is 5.75 Å². The van der Waals surface area contributed by atoms with Crippen molar-refractivity contribution in [1.29, 1.82) is 0 Å². The van der Waals surface area contributed by atoms with E-state index < -0.39 is 20.0 Å². The van der Waals surface area contributed by atoms with E-state index in [1.807, 2.05) is 0 Å². The van der Waals surface area contributed by atoms with Crippen molar-refractivity contribution in [2.24, 2.45) is 0 Å². The standard InChI is InChI=1S/C18H22N2O5S2/c1-13-5-6-15(20-9-4-10-26(20,21)22)12-17(13)19-27(23,24)16-7-8-18(25-3)14(2)11-16/h5-8,11-12,19H,4,9-10H2,1-3H3. The van der Waals surface area contributed by atoms with Gasteiger partial charge in [0.15, 0.2) is 0 Å². The van der Waals surface area contributed by atoms with E-state index in [9.17, 15) is 16.8 Å². The fraction of sp³-hybridized carbons (Fsp3) is 0.333. The van der Waals surface area contributed by atoms with E-state index in [1.54, 1.807) is 38.1 Å². The Morgan fingerprint density at radius 3 is 2.41 bits per heavy atom. The second kappa shape index (κ2) is 7.05. The molecule has 2 aromatic carbocycles. The number of benzene rings is 2. The Labute approximate surface area is 160 Å². The van der Waals surface area contributed by atoms with Crippen molar-refractivity contribution in [3.63, 3.8) is 0 Å². The lowest BCUT2D eigenvalue weighted by atomic mass is 10.2. The lowest BCUT2D eigenvalue weighted by molar-refractivity contribution is 0.411. The van der Waals surface area contributed by atoms with Gasteiger partial charge in [0.2, 0.25) is 10.0 Å². The summed E-state index contributed by atoms with van der Waals surface area (Å²) in [6.45, 7) is 3.93. The van der Waals surface area contributed by atoms with Gasteiger partial charge in [-0.3, -0.25) is 9.03 Å². The van der Waals surface area contributed by atoms with Crippen LogP contribution in [-0.2, 0) is 20.0 Å². The maximum atomic E-state index is 12.8. The molecule has 7 nitrogen and oxygen atoms in total. The van der Waals surface area contributed by atoms with Gasteiger partial charge in [0.25, 0.3) is 10.0 Å². The normalized spacial score (nSPS) is 16.3. The van der Waals surface area contributed by atoms with Crippen LogP contribution < -0.4 is 13.8 Å². The molecule has 1 saturated heterocycles. The highest BCUT2D eigenvalue weighted by Gasteiger charge is 2.29. The zero-order valence-corrected chi connectivity index (χ0v) is 17.0. The molecule has 3 rings (SSSR count). The number of aryl methyl sites for hydroxylation is 2. The minimum atomic E-state index is -3.83. The molecule has 1 heterocycles. The number of rotatable bonds is 5. The van der Waals surface area contributed by atoms with Gasteiger partial charge in [-0.1, -0.05) is 6.07 Å². The molecule has 146 valence electrons. The second-order valence-corrected chi connectivity index (χ2v) is 10.2. The van der Waals surface area contributed by atoms with Crippen LogP contribution in [-0.4, -0.2) is 36.2 Å². The number of methoxy groups -OCH3 is 1. The summed E-state index contributed by atoms with van der Waals surface area (Å²) in [5.41, 5.74) is 2.21. The average molecular weight is 411 g/mol. The summed E-state index contributed by atoms with van der Waals surface area (Å²) in [5, 5.41) is 0. The fourth-order valence-corrected chi connectivity index (χ4v) is 5.79. The van der Waals surface area contributed by atoms with Crippen LogP contribution in [0.15, 0.2) is 41.3 Å². The molecule has 0 aliphatic carbocycles. The van der Waals surface area contributed by atoms with E-state index in [2.05, 4.69) is 4.72 Å². The number of hydrogen-bond acceptors (Lipinski definition) is 5. The largest absolute Gasteiger partial charge is 0.496 e. The first-order valence-corrected chi connectivity index (χ1v) is 11.5. The third-order valence-corrected chi connectivity index (χ3v) is 7.76. The molecule has 0 atom stereocenters. The zero-order valence-electron chi connectivity index (χ0n) is 15.4. The molecule has 0 saturated carbocycles. The van der Waals surface area contributed by atoms with Crippen LogP contribution in [0.3, 0.4) is 0 Å². The predicted octanol–water partition coefficient (Wildman–Crippen LogP) is 2.65. The summed E-state index contributed by atoms with van der Waals surface area (Å²) in [5.74, 6) is 0.707. The van der Waals surface area contributed by atoms with Crippen LogP contribution in [0.2, 0.25) is 0 Å². The Hall–Kier alpha value is -2.26. The van der Waals surface area contributed by atoms with E-state index in [1.165, 1.54) is 23.5 Å². The van der Waals surface area contributed by atoms with Gasteiger partial charge in [-0.05, 0) is 61.7 Å². The third kappa shape index (κ3) is 3.89. The van der Waals surface area contributed by atoms with E-state index in [4.69, 9.17) is 4.74 Å². The van der Waals surface area contributed by atoms with Crippen molar-refractivity contribution in [2.75, 3.05) is 28.4 Å². The molecule has 1 fully saturated rings. The number of nitrogens with zero attached hydrogens (tertiary/aromatic N) is 1. The Kier molecular flexibility index (Phi) is 5.09. The molecule has 0 aromatic heterocycles. The molecule has 2 aromatic rings. The van der Waals surface area contributed by atoms with Crippen molar-refractivity contribution in [2.45, 2.75) is 25.2 Å². The fourth-order valence-electron chi connectivity index (χ4n) is 3.03. The molecule has 1 aliphatic rings. The number of ether oxygens (including phenoxy) is 1. The van der Waals surface area contributed by atoms with Gasteiger partial charge in [-0.15, -0.1) is 0 Å². The number of anilines is 2. The first-order chi connectivity index (χ1) is 12.6. The Morgan fingerprint density at radius 1 is 1.07 bits per heavy atom. The van der Waals surface area contributed by atoms with Crippen molar-refractivity contribution >= 4 is 31.4 Å². The van der Waals surface area contributed by atoms with Gasteiger partial charge in [-0.2, -0.15) is 0 Å². The van der Waals surface area contributed by atoms with Crippen LogP contribution >= 0.6 is 0 Å². The molecule has 0 amide bonds. The summed E-state index contributed by atoms with van der Waals surface area (Å²) in [6.07, 6.45) is 0.558. The summed E-state index contributed by atoms with van der Waals surface area (Å²) in [6, 6.07) is 9.56. The van der Waals surface area contributed by atoms with Crippen LogP contribution in [0.25, 0.3) is 0 Å². The van der Waals surface area contributed by atoms with Crippen LogP contribution in [0, 0.1) is 13.8 Å². The van der Waals surface area contributed by atoms with Gasteiger partial charge in [0, 0.05) is 6.54 Å². The highest BCUT2D eigenvalue weighted by Crippen LogP contribution is 2.30. The monoisotopic (exact) mass is 410 g/mol. The third-order valence-electron chi connectivity index (χ3n) is 4.53. The lowest BCUT2D eigenvalue weighted by Gasteiger charge is -2.19. The highest BCUT2D eigenvalue weighted by atomic mass is 32.2. The maximum absolute atomic E-state index is 12.8. The number of hydrogen-bond donors (Lipinski definition) is 1. The zero-order chi connectivity index (χ0) is 19.8. The topological polar surface area (TPSA) is 92.8 Å². The van der Waals surface area contributed by atoms with Gasteiger partial charge >= 0.3 is 0 Å². The van der Waals surface area contributed by atoms with E-state index in [-0.39, 0.29) is 10.6 Å². The molecular weight excluding hydrogens is 388 g/mol. The molecule has 0 spiro atoms. The summed E-state index contributed by atoms with van der Waals surface area (Å²) < 4.78 is 58.9. The minimum Gasteiger partial charge on any atom is -0.496 e. The minimum absolute atomic E-state index is 0.104. The quantitative estimate of drug-likeness (QED) is 0.818. The molecule has 9 heteroatoms. The van der Waals surface area contributed by atoms with E-state index in [0.29, 0.717) is 41.2 Å². The molecule has 0 bridgehead atoms. The maximum Gasteiger partial charge on any atom is 0.261 e. The highest BCUT2D eigenvalue weighted by molar-refractivity contribution is 7.93. The predicted molar refractivity (Wildman–Crippen MR) is 105 cm³/mol.